The van der Waals surface area contributed by atoms with Crippen LogP contribution in [0.25, 0.3) is 22.8 Å². The summed E-state index contributed by atoms with van der Waals surface area (Å²) in [5, 5.41) is 6.73. The van der Waals surface area contributed by atoms with Gasteiger partial charge in [-0.3, -0.25) is 4.79 Å². The van der Waals surface area contributed by atoms with Crippen LogP contribution < -0.4 is 11.1 Å². The van der Waals surface area contributed by atoms with E-state index < -0.39 is 12.1 Å². The Morgan fingerprint density at radius 2 is 2.00 bits per heavy atom. The van der Waals surface area contributed by atoms with Crippen LogP contribution in [-0.2, 0) is 0 Å². The molecule has 10 heteroatoms. The van der Waals surface area contributed by atoms with E-state index in [1.165, 1.54) is 12.4 Å². The zero-order valence-electron chi connectivity index (χ0n) is 16.4. The number of aryl methyl sites for hydroxylation is 1. The van der Waals surface area contributed by atoms with Crippen molar-refractivity contribution >= 4 is 17.4 Å². The number of nitrogens with zero attached hydrogens (tertiary/aromatic N) is 4. The summed E-state index contributed by atoms with van der Waals surface area (Å²) in [6.45, 7) is 1.85. The van der Waals surface area contributed by atoms with Gasteiger partial charge in [-0.2, -0.15) is 4.98 Å². The van der Waals surface area contributed by atoms with Crippen LogP contribution in [0.5, 0.6) is 0 Å². The molecular weight excluding hydrogens is 403 g/mol. The van der Waals surface area contributed by atoms with Gasteiger partial charge in [0, 0.05) is 17.4 Å². The van der Waals surface area contributed by atoms with Gasteiger partial charge in [-0.1, -0.05) is 17.3 Å². The molecule has 0 radical (unpaired) electrons. The lowest BCUT2D eigenvalue weighted by atomic mass is 10.1. The van der Waals surface area contributed by atoms with E-state index in [9.17, 15) is 9.18 Å². The molecule has 1 amide bonds. The Hall–Kier alpha value is -4.08. The number of carbonyl (C=O) groups excluding carboxylic acids is 1. The summed E-state index contributed by atoms with van der Waals surface area (Å²) in [4.78, 5) is 25.1. The number of carbonyl (C=O) groups is 1. The highest BCUT2D eigenvalue weighted by Crippen LogP contribution is 2.43. The third kappa shape index (κ3) is 3.75. The van der Waals surface area contributed by atoms with Crippen molar-refractivity contribution in [3.05, 3.63) is 59.9 Å². The van der Waals surface area contributed by atoms with Gasteiger partial charge < -0.3 is 20.0 Å². The van der Waals surface area contributed by atoms with Crippen LogP contribution in [0.3, 0.4) is 0 Å². The number of halogens is 1. The number of alkyl halides is 1. The zero-order chi connectivity index (χ0) is 21.5. The summed E-state index contributed by atoms with van der Waals surface area (Å²) in [5.74, 6) is 0.522. The lowest BCUT2D eigenvalue weighted by Gasteiger charge is -2.08. The van der Waals surface area contributed by atoms with Crippen molar-refractivity contribution in [2.75, 3.05) is 11.1 Å². The minimum Gasteiger partial charge on any atom is -0.431 e. The third-order valence-electron chi connectivity index (χ3n) is 4.98. The van der Waals surface area contributed by atoms with Crippen molar-refractivity contribution in [3.8, 4) is 22.8 Å². The lowest BCUT2D eigenvalue weighted by Crippen LogP contribution is -2.12. The fourth-order valence-corrected chi connectivity index (χ4v) is 3.05. The quantitative estimate of drug-likeness (QED) is 0.499. The first-order valence-corrected chi connectivity index (χ1v) is 9.55. The number of nitrogens with one attached hydrogen (secondary N) is 1. The molecule has 9 nitrogen and oxygen atoms in total. The largest absolute Gasteiger partial charge is 0.431 e. The topological polar surface area (TPSA) is 133 Å². The Balaban J connectivity index is 1.35. The molecule has 4 aromatic rings. The van der Waals surface area contributed by atoms with Gasteiger partial charge in [-0.25, -0.2) is 14.4 Å². The number of pyridine rings is 1. The Morgan fingerprint density at radius 3 is 2.74 bits per heavy atom. The van der Waals surface area contributed by atoms with Crippen molar-refractivity contribution in [1.29, 1.82) is 0 Å². The molecule has 1 aliphatic carbocycles. The number of hydrogen-bond donors (Lipinski definition) is 2. The fraction of sp³-hybridized carbons (Fsp3) is 0.190. The monoisotopic (exact) mass is 420 g/mol. The first-order chi connectivity index (χ1) is 15.0. The minimum absolute atomic E-state index is 0.0428. The standard InChI is InChI=1S/C21H17FN6O3/c1-10-2-3-11(18-27-21(31-28-18)13-7-14(13)22)6-15(10)26-19(29)16-9-25-20(30-16)12-4-5-17(23)24-8-12/h2-6,8-9,13-14H,7H2,1H3,(H2,23,24)(H,26,29)/t13-,14-/m0/s1. The highest BCUT2D eigenvalue weighted by atomic mass is 19.1. The van der Waals surface area contributed by atoms with Crippen LogP contribution in [0, 0.1) is 6.92 Å². The molecule has 0 unspecified atom stereocenters. The second kappa shape index (κ2) is 7.31. The molecule has 5 rings (SSSR count). The third-order valence-corrected chi connectivity index (χ3v) is 4.98. The van der Waals surface area contributed by atoms with E-state index in [1.54, 1.807) is 24.3 Å². The van der Waals surface area contributed by atoms with Gasteiger partial charge >= 0.3 is 0 Å². The van der Waals surface area contributed by atoms with Crippen molar-refractivity contribution in [2.45, 2.75) is 25.4 Å². The molecule has 1 fully saturated rings. The summed E-state index contributed by atoms with van der Waals surface area (Å²) >= 11 is 0. The number of amides is 1. The number of rotatable bonds is 5. The first-order valence-electron chi connectivity index (χ1n) is 9.55. The Labute approximate surface area is 175 Å². The Kier molecular flexibility index (Phi) is 4.46. The number of nitrogens with two attached hydrogens (primary N) is 1. The summed E-state index contributed by atoms with van der Waals surface area (Å²) in [5.41, 5.74) is 8.20. The summed E-state index contributed by atoms with van der Waals surface area (Å²) in [6.07, 6.45) is 2.34. The van der Waals surface area contributed by atoms with Gasteiger partial charge in [0.25, 0.3) is 5.91 Å². The number of anilines is 2. The maximum atomic E-state index is 13.2. The number of oxazole rings is 1. The number of aromatic nitrogens is 4. The minimum atomic E-state index is -0.919. The lowest BCUT2D eigenvalue weighted by molar-refractivity contribution is 0.0997. The highest BCUT2D eigenvalue weighted by Gasteiger charge is 2.43. The Morgan fingerprint density at radius 1 is 1.19 bits per heavy atom. The molecule has 0 spiro atoms. The van der Waals surface area contributed by atoms with E-state index in [0.29, 0.717) is 40.8 Å². The second-order valence-corrected chi connectivity index (χ2v) is 7.30. The van der Waals surface area contributed by atoms with E-state index in [0.717, 1.165) is 5.56 Å². The van der Waals surface area contributed by atoms with Crippen LogP contribution in [0.4, 0.5) is 15.9 Å². The molecule has 2 atom stereocenters. The maximum Gasteiger partial charge on any atom is 0.293 e. The van der Waals surface area contributed by atoms with E-state index in [2.05, 4.69) is 25.4 Å². The molecule has 1 aromatic carbocycles. The van der Waals surface area contributed by atoms with E-state index in [4.69, 9.17) is 14.7 Å². The average Bonchev–Trinajstić information content (AvgIpc) is 3.15. The van der Waals surface area contributed by atoms with Crippen molar-refractivity contribution in [2.24, 2.45) is 0 Å². The normalized spacial score (nSPS) is 17.5. The van der Waals surface area contributed by atoms with Gasteiger partial charge in [-0.15, -0.1) is 0 Å². The molecule has 31 heavy (non-hydrogen) atoms. The van der Waals surface area contributed by atoms with E-state index in [-0.39, 0.29) is 17.6 Å². The smallest absolute Gasteiger partial charge is 0.293 e. The van der Waals surface area contributed by atoms with Gasteiger partial charge in [0.15, 0.2) is 0 Å². The van der Waals surface area contributed by atoms with E-state index in [1.807, 2.05) is 13.0 Å². The first kappa shape index (κ1) is 18.9. The van der Waals surface area contributed by atoms with Gasteiger partial charge in [0.2, 0.25) is 23.4 Å². The molecular formula is C21H17FN6O3. The molecule has 3 heterocycles. The van der Waals surface area contributed by atoms with Crippen LogP contribution in [0.1, 0.15) is 34.3 Å². The van der Waals surface area contributed by atoms with Crippen molar-refractivity contribution in [1.82, 2.24) is 20.1 Å². The van der Waals surface area contributed by atoms with Crippen LogP contribution in [-0.4, -0.2) is 32.2 Å². The number of hydrogen-bond acceptors (Lipinski definition) is 8. The summed E-state index contributed by atoms with van der Waals surface area (Å²) in [6, 6.07) is 8.68. The van der Waals surface area contributed by atoms with Crippen LogP contribution >= 0.6 is 0 Å². The predicted octanol–water partition coefficient (Wildman–Crippen LogP) is 3.75. The molecule has 3 N–H and O–H groups in total. The summed E-state index contributed by atoms with van der Waals surface area (Å²) in [7, 11) is 0. The molecule has 0 bridgehead atoms. The van der Waals surface area contributed by atoms with Gasteiger partial charge in [0.1, 0.15) is 12.0 Å². The second-order valence-electron chi connectivity index (χ2n) is 7.30. The Bertz CT molecular complexity index is 1270. The molecule has 1 saturated carbocycles. The van der Waals surface area contributed by atoms with Crippen LogP contribution in [0.15, 0.2) is 51.7 Å². The van der Waals surface area contributed by atoms with Crippen molar-refractivity contribution < 1.29 is 18.1 Å². The highest BCUT2D eigenvalue weighted by molar-refractivity contribution is 6.03. The summed E-state index contributed by atoms with van der Waals surface area (Å²) < 4.78 is 24.0. The average molecular weight is 420 g/mol. The molecule has 1 aliphatic rings. The maximum absolute atomic E-state index is 13.2. The molecule has 0 aliphatic heterocycles. The molecule has 3 aromatic heterocycles. The predicted molar refractivity (Wildman–Crippen MR) is 109 cm³/mol. The van der Waals surface area contributed by atoms with Gasteiger partial charge in [0.05, 0.1) is 17.7 Å². The fourth-order valence-electron chi connectivity index (χ4n) is 3.05. The SMILES string of the molecule is Cc1ccc(-c2noc([C@H]3C[C@@H]3F)n2)cc1NC(=O)c1cnc(-c2ccc(N)nc2)o1. The number of benzene rings is 1. The van der Waals surface area contributed by atoms with E-state index >= 15 is 0 Å². The van der Waals surface area contributed by atoms with Gasteiger partial charge in [-0.05, 0) is 37.1 Å². The van der Waals surface area contributed by atoms with Crippen molar-refractivity contribution in [3.63, 3.8) is 0 Å². The molecule has 0 saturated heterocycles. The molecule has 156 valence electrons. The van der Waals surface area contributed by atoms with Crippen LogP contribution in [0.2, 0.25) is 0 Å². The zero-order valence-corrected chi connectivity index (χ0v) is 16.4. The number of nitrogen functional groups attached to an aromatic ring is 1.